The highest BCUT2D eigenvalue weighted by molar-refractivity contribution is 5.89. The van der Waals surface area contributed by atoms with Crippen LogP contribution >= 0.6 is 0 Å². The lowest BCUT2D eigenvalue weighted by atomic mass is 10.2. The number of aryl methyl sites for hydroxylation is 2. The van der Waals surface area contributed by atoms with Crippen LogP contribution < -0.4 is 16.0 Å². The highest BCUT2D eigenvalue weighted by Crippen LogP contribution is 2.17. The Hall–Kier alpha value is -2.70. The molecule has 0 saturated heterocycles. The zero-order valence-electron chi connectivity index (χ0n) is 12.9. The summed E-state index contributed by atoms with van der Waals surface area (Å²) in [7, 11) is 0. The molecule has 3 N–H and O–H groups in total. The van der Waals surface area contributed by atoms with Crippen molar-refractivity contribution in [1.29, 1.82) is 0 Å². The van der Waals surface area contributed by atoms with Crippen LogP contribution in [-0.2, 0) is 0 Å². The number of benzene rings is 1. The smallest absolute Gasteiger partial charge is 0.319 e. The Morgan fingerprint density at radius 1 is 1.09 bits per heavy atom. The molecule has 122 valence electrons. The minimum absolute atomic E-state index is 0.190. The number of halogens is 2. The van der Waals surface area contributed by atoms with E-state index < -0.39 is 17.7 Å². The number of rotatable bonds is 5. The van der Waals surface area contributed by atoms with E-state index in [1.165, 1.54) is 6.07 Å². The molecule has 0 unspecified atom stereocenters. The first-order chi connectivity index (χ1) is 11.0. The number of urea groups is 1. The van der Waals surface area contributed by atoms with E-state index >= 15 is 0 Å². The molecular weight excluding hydrogens is 302 g/mol. The molecule has 1 aromatic heterocycles. The highest BCUT2D eigenvalue weighted by Gasteiger charge is 2.06. The molecule has 0 spiro atoms. The number of pyridine rings is 1. The zero-order chi connectivity index (χ0) is 16.8. The van der Waals surface area contributed by atoms with Crippen molar-refractivity contribution in [2.24, 2.45) is 0 Å². The first-order valence-corrected chi connectivity index (χ1v) is 7.12. The number of amides is 2. The van der Waals surface area contributed by atoms with Gasteiger partial charge in [0.2, 0.25) is 0 Å². The van der Waals surface area contributed by atoms with E-state index in [4.69, 9.17) is 0 Å². The normalized spacial score (nSPS) is 10.3. The quantitative estimate of drug-likeness (QED) is 0.741. The van der Waals surface area contributed by atoms with Crippen LogP contribution in [0.4, 0.5) is 25.0 Å². The van der Waals surface area contributed by atoms with Gasteiger partial charge in [0.25, 0.3) is 0 Å². The number of hydrogen-bond acceptors (Lipinski definition) is 3. The third-order valence-corrected chi connectivity index (χ3v) is 3.21. The van der Waals surface area contributed by atoms with Gasteiger partial charge in [0.05, 0.1) is 0 Å². The summed E-state index contributed by atoms with van der Waals surface area (Å²) in [5, 5.41) is 8.29. The predicted octanol–water partition coefficient (Wildman–Crippen LogP) is 3.21. The summed E-state index contributed by atoms with van der Waals surface area (Å²) in [6.07, 6.45) is 3.52. The Kier molecular flexibility index (Phi) is 5.46. The van der Waals surface area contributed by atoms with Crippen molar-refractivity contribution >= 4 is 17.4 Å². The molecule has 1 aromatic carbocycles. The molecule has 0 aliphatic carbocycles. The van der Waals surface area contributed by atoms with Gasteiger partial charge in [-0.3, -0.25) is 4.98 Å². The maximum Gasteiger partial charge on any atom is 0.319 e. The molecule has 0 atom stereocenters. The molecule has 5 nitrogen and oxygen atoms in total. The lowest BCUT2D eigenvalue weighted by molar-refractivity contribution is 0.252. The number of anilines is 2. The molecular formula is C16H18F2N4O. The second kappa shape index (κ2) is 7.53. The molecule has 0 radical (unpaired) electrons. The summed E-state index contributed by atoms with van der Waals surface area (Å²) in [5.41, 5.74) is 3.23. The van der Waals surface area contributed by atoms with Gasteiger partial charge < -0.3 is 16.0 Å². The number of nitrogens with zero attached hydrogens (tertiary/aromatic N) is 1. The summed E-state index contributed by atoms with van der Waals surface area (Å²) in [6.45, 7) is 4.80. The summed E-state index contributed by atoms with van der Waals surface area (Å²) in [5.74, 6) is -1.96. The van der Waals surface area contributed by atoms with Crippen molar-refractivity contribution in [1.82, 2.24) is 10.3 Å². The van der Waals surface area contributed by atoms with Crippen molar-refractivity contribution in [2.75, 3.05) is 23.7 Å². The van der Waals surface area contributed by atoms with E-state index in [0.29, 0.717) is 13.1 Å². The topological polar surface area (TPSA) is 66.0 Å². The van der Waals surface area contributed by atoms with Crippen LogP contribution in [-0.4, -0.2) is 24.1 Å². The van der Waals surface area contributed by atoms with Gasteiger partial charge in [0, 0.05) is 42.9 Å². The van der Waals surface area contributed by atoms with Crippen LogP contribution in [0.3, 0.4) is 0 Å². The average Bonchev–Trinajstić information content (AvgIpc) is 2.50. The molecule has 23 heavy (non-hydrogen) atoms. The maximum absolute atomic E-state index is 13.0. The maximum atomic E-state index is 13.0. The van der Waals surface area contributed by atoms with Gasteiger partial charge >= 0.3 is 6.03 Å². The fraction of sp³-hybridized carbons (Fsp3) is 0.250. The Bertz CT molecular complexity index is 686. The number of aromatic nitrogens is 1. The van der Waals surface area contributed by atoms with Gasteiger partial charge in [-0.25, -0.2) is 13.6 Å². The van der Waals surface area contributed by atoms with E-state index in [-0.39, 0.29) is 5.69 Å². The van der Waals surface area contributed by atoms with Crippen LogP contribution in [0.1, 0.15) is 11.1 Å². The number of carbonyl (C=O) groups is 1. The van der Waals surface area contributed by atoms with Crippen molar-refractivity contribution in [3.63, 3.8) is 0 Å². The van der Waals surface area contributed by atoms with Gasteiger partial charge in [0.1, 0.15) is 0 Å². The van der Waals surface area contributed by atoms with Crippen molar-refractivity contribution in [3.8, 4) is 0 Å². The van der Waals surface area contributed by atoms with Crippen molar-refractivity contribution < 1.29 is 13.6 Å². The molecule has 2 rings (SSSR count). The van der Waals surface area contributed by atoms with E-state index in [2.05, 4.69) is 20.9 Å². The SMILES string of the molecule is Cc1cncc(C)c1NCCNC(=O)Nc1ccc(F)c(F)c1. The second-order valence-corrected chi connectivity index (χ2v) is 5.08. The number of nitrogens with one attached hydrogen (secondary N) is 3. The van der Waals surface area contributed by atoms with Gasteiger partial charge in [0.15, 0.2) is 11.6 Å². The van der Waals surface area contributed by atoms with E-state index in [1.54, 1.807) is 12.4 Å². The Labute approximate surface area is 133 Å². The van der Waals surface area contributed by atoms with Gasteiger partial charge in [-0.1, -0.05) is 0 Å². The van der Waals surface area contributed by atoms with E-state index in [0.717, 1.165) is 28.9 Å². The van der Waals surface area contributed by atoms with Crippen molar-refractivity contribution in [2.45, 2.75) is 13.8 Å². The fourth-order valence-electron chi connectivity index (χ4n) is 2.09. The van der Waals surface area contributed by atoms with Crippen LogP contribution in [0, 0.1) is 25.5 Å². The first kappa shape index (κ1) is 16.7. The molecule has 1 heterocycles. The molecule has 0 saturated carbocycles. The highest BCUT2D eigenvalue weighted by atomic mass is 19.2. The Balaban J connectivity index is 1.78. The number of hydrogen-bond donors (Lipinski definition) is 3. The lowest BCUT2D eigenvalue weighted by Gasteiger charge is -2.13. The summed E-state index contributed by atoms with van der Waals surface area (Å²) in [4.78, 5) is 15.8. The minimum atomic E-state index is -1.01. The molecule has 2 amide bonds. The second-order valence-electron chi connectivity index (χ2n) is 5.08. The molecule has 0 bridgehead atoms. The molecule has 0 fully saturated rings. The van der Waals surface area contributed by atoms with Gasteiger partial charge in [-0.15, -0.1) is 0 Å². The van der Waals surface area contributed by atoms with Crippen LogP contribution in [0.25, 0.3) is 0 Å². The minimum Gasteiger partial charge on any atom is -0.383 e. The average molecular weight is 320 g/mol. The monoisotopic (exact) mass is 320 g/mol. The zero-order valence-corrected chi connectivity index (χ0v) is 12.9. The predicted molar refractivity (Wildman–Crippen MR) is 85.6 cm³/mol. The standard InChI is InChI=1S/C16H18F2N4O/c1-10-8-19-9-11(2)15(10)20-5-6-21-16(23)22-12-3-4-13(17)14(18)7-12/h3-4,7-9H,5-6H2,1-2H3,(H,19,20)(H2,21,22,23). The summed E-state index contributed by atoms with van der Waals surface area (Å²) >= 11 is 0. The molecule has 0 aliphatic heterocycles. The third-order valence-electron chi connectivity index (χ3n) is 3.21. The molecule has 2 aromatic rings. The summed E-state index contributed by atoms with van der Waals surface area (Å²) in [6, 6.07) is 2.69. The summed E-state index contributed by atoms with van der Waals surface area (Å²) < 4.78 is 25.8. The first-order valence-electron chi connectivity index (χ1n) is 7.12. The molecule has 0 aliphatic rings. The fourth-order valence-corrected chi connectivity index (χ4v) is 2.09. The lowest BCUT2D eigenvalue weighted by Crippen LogP contribution is -2.32. The third kappa shape index (κ3) is 4.64. The number of carbonyl (C=O) groups excluding carboxylic acids is 1. The van der Waals surface area contributed by atoms with Gasteiger partial charge in [-0.05, 0) is 37.1 Å². The van der Waals surface area contributed by atoms with Crippen LogP contribution in [0.2, 0.25) is 0 Å². The van der Waals surface area contributed by atoms with E-state index in [9.17, 15) is 13.6 Å². The van der Waals surface area contributed by atoms with Crippen LogP contribution in [0.5, 0.6) is 0 Å². The van der Waals surface area contributed by atoms with Gasteiger partial charge in [-0.2, -0.15) is 0 Å². The van der Waals surface area contributed by atoms with Crippen molar-refractivity contribution in [3.05, 3.63) is 53.4 Å². The molecule has 7 heteroatoms. The largest absolute Gasteiger partial charge is 0.383 e. The Morgan fingerprint density at radius 2 is 1.78 bits per heavy atom. The van der Waals surface area contributed by atoms with Crippen LogP contribution in [0.15, 0.2) is 30.6 Å². The Morgan fingerprint density at radius 3 is 2.43 bits per heavy atom. The van der Waals surface area contributed by atoms with E-state index in [1.807, 2.05) is 13.8 Å².